The van der Waals surface area contributed by atoms with Crippen LogP contribution in [0.2, 0.25) is 0 Å². The zero-order valence-electron chi connectivity index (χ0n) is 11.3. The molecule has 0 heterocycles. The van der Waals surface area contributed by atoms with Gasteiger partial charge in [-0.05, 0) is 18.2 Å². The second-order valence-corrected chi connectivity index (χ2v) is 3.95. The predicted molar refractivity (Wildman–Crippen MR) is 73.5 cm³/mol. The molecule has 1 N–H and O–H groups in total. The normalized spacial score (nSPS) is 9.25. The lowest BCUT2D eigenvalue weighted by atomic mass is 10.1. The van der Waals surface area contributed by atoms with Crippen LogP contribution in [0.15, 0.2) is 18.2 Å². The van der Waals surface area contributed by atoms with Crippen LogP contribution in [-0.2, 0) is 6.54 Å². The molecule has 0 aliphatic carbocycles. The number of nitriles is 2. The van der Waals surface area contributed by atoms with Crippen LogP contribution >= 0.6 is 0 Å². The zero-order valence-corrected chi connectivity index (χ0v) is 11.3. The van der Waals surface area contributed by atoms with E-state index in [2.05, 4.69) is 11.8 Å². The minimum absolute atomic E-state index is 0.170. The van der Waals surface area contributed by atoms with Crippen LogP contribution in [0.25, 0.3) is 0 Å². The summed E-state index contributed by atoms with van der Waals surface area (Å²) in [6.07, 6.45) is 0. The summed E-state index contributed by atoms with van der Waals surface area (Å²) in [7, 11) is 1.57. The van der Waals surface area contributed by atoms with Crippen LogP contribution in [0.5, 0.6) is 5.75 Å². The molecule has 0 aliphatic rings. The van der Waals surface area contributed by atoms with Crippen LogP contribution < -0.4 is 4.74 Å². The Morgan fingerprint density at radius 1 is 1.25 bits per heavy atom. The molecule has 1 aromatic rings. The second-order valence-electron chi connectivity index (χ2n) is 3.95. The van der Waals surface area contributed by atoms with Crippen LogP contribution in [0.3, 0.4) is 0 Å². The molecule has 0 saturated carbocycles. The Kier molecular flexibility index (Phi) is 6.65. The van der Waals surface area contributed by atoms with Crippen molar-refractivity contribution in [2.24, 2.45) is 0 Å². The summed E-state index contributed by atoms with van der Waals surface area (Å²) in [5, 5.41) is 26.2. The number of aliphatic hydroxyl groups excluding tert-OH is 1. The SMILES string of the molecule is COc1ccc(C#CCO)cc1CN(CC#N)CC#N. The first-order chi connectivity index (χ1) is 9.74. The van der Waals surface area contributed by atoms with Gasteiger partial charge in [0.15, 0.2) is 0 Å². The van der Waals surface area contributed by atoms with Crippen LogP contribution in [0.4, 0.5) is 0 Å². The molecular weight excluding hydrogens is 254 g/mol. The van der Waals surface area contributed by atoms with Crippen molar-refractivity contribution in [3.05, 3.63) is 29.3 Å². The summed E-state index contributed by atoms with van der Waals surface area (Å²) in [6, 6.07) is 9.48. The topological polar surface area (TPSA) is 80.3 Å². The first kappa shape index (κ1) is 15.5. The molecule has 0 atom stereocenters. The Morgan fingerprint density at radius 3 is 2.50 bits per heavy atom. The fourth-order valence-corrected chi connectivity index (χ4v) is 1.73. The first-order valence-electron chi connectivity index (χ1n) is 5.98. The summed E-state index contributed by atoms with van der Waals surface area (Å²) in [5.41, 5.74) is 1.60. The minimum atomic E-state index is -0.198. The standard InChI is InChI=1S/C15H15N3O2/c1-20-15-5-4-13(3-2-10-19)11-14(15)12-18(8-6-16)9-7-17/h4-5,11,19H,8-10,12H2,1H3. The molecule has 102 valence electrons. The number of hydrogen-bond acceptors (Lipinski definition) is 5. The summed E-state index contributed by atoms with van der Waals surface area (Å²) < 4.78 is 5.27. The van der Waals surface area contributed by atoms with Crippen molar-refractivity contribution >= 4 is 0 Å². The minimum Gasteiger partial charge on any atom is -0.496 e. The molecule has 1 aromatic carbocycles. The fourth-order valence-electron chi connectivity index (χ4n) is 1.73. The molecule has 0 aliphatic heterocycles. The highest BCUT2D eigenvalue weighted by Gasteiger charge is 2.10. The molecule has 0 bridgehead atoms. The van der Waals surface area contributed by atoms with Crippen LogP contribution in [0, 0.1) is 34.5 Å². The number of rotatable bonds is 5. The quantitative estimate of drug-likeness (QED) is 0.634. The molecule has 0 fully saturated rings. The first-order valence-corrected chi connectivity index (χ1v) is 5.98. The van der Waals surface area contributed by atoms with E-state index in [0.29, 0.717) is 12.3 Å². The van der Waals surface area contributed by atoms with Gasteiger partial charge in [0.25, 0.3) is 0 Å². The Morgan fingerprint density at radius 2 is 1.95 bits per heavy atom. The molecule has 5 heteroatoms. The number of aliphatic hydroxyl groups is 1. The van der Waals surface area contributed by atoms with E-state index in [1.807, 2.05) is 18.2 Å². The van der Waals surface area contributed by atoms with Gasteiger partial charge < -0.3 is 9.84 Å². The lowest BCUT2D eigenvalue weighted by molar-refractivity contribution is 0.324. The zero-order chi connectivity index (χ0) is 14.8. The Balaban J connectivity index is 3.01. The van der Waals surface area contributed by atoms with E-state index >= 15 is 0 Å². The third kappa shape index (κ3) is 4.63. The van der Waals surface area contributed by atoms with Gasteiger partial charge in [-0.1, -0.05) is 11.8 Å². The van der Waals surface area contributed by atoms with E-state index in [1.165, 1.54) is 0 Å². The number of ether oxygens (including phenoxy) is 1. The van der Waals surface area contributed by atoms with E-state index in [0.717, 1.165) is 11.1 Å². The van der Waals surface area contributed by atoms with Gasteiger partial charge in [0.05, 0.1) is 32.3 Å². The Labute approximate surface area is 118 Å². The fraction of sp³-hybridized carbons (Fsp3) is 0.333. The summed E-state index contributed by atoms with van der Waals surface area (Å²) in [4.78, 5) is 1.71. The highest BCUT2D eigenvalue weighted by atomic mass is 16.5. The van der Waals surface area contributed by atoms with Crippen molar-refractivity contribution in [3.63, 3.8) is 0 Å². The lowest BCUT2D eigenvalue weighted by Crippen LogP contribution is -2.24. The maximum atomic E-state index is 8.76. The molecule has 0 unspecified atom stereocenters. The van der Waals surface area contributed by atoms with Crippen LogP contribution in [-0.4, -0.2) is 36.8 Å². The Hall–Kier alpha value is -2.52. The smallest absolute Gasteiger partial charge is 0.123 e. The monoisotopic (exact) mass is 269 g/mol. The average molecular weight is 269 g/mol. The molecule has 0 radical (unpaired) electrons. The molecule has 0 spiro atoms. The van der Waals surface area contributed by atoms with Gasteiger partial charge in [0, 0.05) is 17.7 Å². The lowest BCUT2D eigenvalue weighted by Gasteiger charge is -2.17. The van der Waals surface area contributed by atoms with Crippen molar-refractivity contribution in [2.75, 3.05) is 26.8 Å². The third-order valence-corrected chi connectivity index (χ3v) is 2.57. The predicted octanol–water partition coefficient (Wildman–Crippen LogP) is 0.888. The molecule has 20 heavy (non-hydrogen) atoms. The molecule has 1 rings (SSSR count). The molecular formula is C15H15N3O2. The molecule has 0 amide bonds. The average Bonchev–Trinajstić information content (AvgIpc) is 2.46. The van der Waals surface area contributed by atoms with Gasteiger partial charge in [-0.2, -0.15) is 10.5 Å². The maximum Gasteiger partial charge on any atom is 0.123 e. The van der Waals surface area contributed by atoms with Gasteiger partial charge in [0.2, 0.25) is 0 Å². The summed E-state index contributed by atoms with van der Waals surface area (Å²) in [6.45, 7) is 0.571. The van der Waals surface area contributed by atoms with Crippen molar-refractivity contribution in [1.82, 2.24) is 4.90 Å². The van der Waals surface area contributed by atoms with Gasteiger partial charge in [-0.3, -0.25) is 4.90 Å². The van der Waals surface area contributed by atoms with Crippen molar-refractivity contribution in [1.29, 1.82) is 10.5 Å². The van der Waals surface area contributed by atoms with Gasteiger partial charge >= 0.3 is 0 Å². The van der Waals surface area contributed by atoms with E-state index in [4.69, 9.17) is 20.4 Å². The van der Waals surface area contributed by atoms with Crippen LogP contribution in [0.1, 0.15) is 11.1 Å². The van der Waals surface area contributed by atoms with E-state index in [9.17, 15) is 0 Å². The highest BCUT2D eigenvalue weighted by Crippen LogP contribution is 2.21. The van der Waals surface area contributed by atoms with Crippen molar-refractivity contribution in [3.8, 4) is 29.7 Å². The van der Waals surface area contributed by atoms with Gasteiger partial charge in [0.1, 0.15) is 12.4 Å². The van der Waals surface area contributed by atoms with E-state index in [-0.39, 0.29) is 19.7 Å². The third-order valence-electron chi connectivity index (χ3n) is 2.57. The van der Waals surface area contributed by atoms with E-state index < -0.39 is 0 Å². The van der Waals surface area contributed by atoms with Crippen molar-refractivity contribution < 1.29 is 9.84 Å². The highest BCUT2D eigenvalue weighted by molar-refractivity contribution is 5.44. The van der Waals surface area contributed by atoms with Gasteiger partial charge in [-0.15, -0.1) is 0 Å². The maximum absolute atomic E-state index is 8.76. The number of hydrogen-bond donors (Lipinski definition) is 1. The number of methoxy groups -OCH3 is 1. The molecule has 0 aromatic heterocycles. The summed E-state index contributed by atoms with van der Waals surface area (Å²) >= 11 is 0. The number of nitrogens with zero attached hydrogens (tertiary/aromatic N) is 3. The Bertz CT molecular complexity index is 572. The second kappa shape index (κ2) is 8.56. The van der Waals surface area contributed by atoms with E-state index in [1.54, 1.807) is 24.1 Å². The van der Waals surface area contributed by atoms with Crippen molar-refractivity contribution in [2.45, 2.75) is 6.54 Å². The molecule has 5 nitrogen and oxygen atoms in total. The number of benzene rings is 1. The largest absolute Gasteiger partial charge is 0.496 e. The summed E-state index contributed by atoms with van der Waals surface area (Å²) in [5.74, 6) is 6.08. The molecule has 0 saturated heterocycles. The van der Waals surface area contributed by atoms with Gasteiger partial charge in [-0.25, -0.2) is 0 Å².